The third-order valence-electron chi connectivity index (χ3n) is 3.74. The monoisotopic (exact) mass is 268 g/mol. The maximum atomic E-state index is 11.9. The molecule has 1 saturated carbocycles. The van der Waals surface area contributed by atoms with E-state index in [4.69, 9.17) is 5.73 Å². The molecule has 0 aromatic rings. The third kappa shape index (κ3) is 4.40. The van der Waals surface area contributed by atoms with Gasteiger partial charge < -0.3 is 10.5 Å². The summed E-state index contributed by atoms with van der Waals surface area (Å²) in [6.07, 6.45) is 0.136. The summed E-state index contributed by atoms with van der Waals surface area (Å²) in [6, 6.07) is 0. The Bertz CT molecular complexity index is 240. The van der Waals surface area contributed by atoms with Crippen LogP contribution in [0, 0.1) is 0 Å². The Balaban J connectivity index is 2.37. The molecule has 1 rings (SSSR count). The molecule has 0 aromatic heterocycles. The van der Waals surface area contributed by atoms with Crippen LogP contribution in [0.25, 0.3) is 0 Å². The molecule has 0 aromatic carbocycles. The molecule has 0 saturated heterocycles. The Morgan fingerprint density at radius 1 is 1.28 bits per heavy atom. The van der Waals surface area contributed by atoms with Gasteiger partial charge >= 0.3 is 6.18 Å². The van der Waals surface area contributed by atoms with Gasteiger partial charge in [-0.05, 0) is 19.4 Å². The van der Waals surface area contributed by atoms with Gasteiger partial charge in [0, 0.05) is 18.6 Å². The van der Waals surface area contributed by atoms with Crippen LogP contribution in [-0.4, -0.2) is 49.5 Å². The molecular weight excluding hydrogens is 245 g/mol. The molecular formula is C12H23F3N2O. The molecule has 108 valence electrons. The summed E-state index contributed by atoms with van der Waals surface area (Å²) in [5.41, 5.74) is 5.84. The Kier molecular flexibility index (Phi) is 5.88. The highest BCUT2D eigenvalue weighted by Crippen LogP contribution is 2.34. The van der Waals surface area contributed by atoms with E-state index in [1.165, 1.54) is 0 Å². The van der Waals surface area contributed by atoms with Crippen molar-refractivity contribution in [3.63, 3.8) is 0 Å². The van der Waals surface area contributed by atoms with Crippen LogP contribution < -0.4 is 5.73 Å². The second-order valence-electron chi connectivity index (χ2n) is 4.88. The molecule has 0 unspecified atom stereocenters. The lowest BCUT2D eigenvalue weighted by Gasteiger charge is -2.40. The number of likely N-dealkylation sites (N-methyl/N-ethyl adjacent to an activating group) is 1. The summed E-state index contributed by atoms with van der Waals surface area (Å²) in [6.45, 7) is 2.84. The van der Waals surface area contributed by atoms with Crippen molar-refractivity contribution in [2.45, 2.75) is 44.3 Å². The first-order valence-electron chi connectivity index (χ1n) is 6.53. The molecule has 1 aliphatic carbocycles. The highest BCUT2D eigenvalue weighted by molar-refractivity contribution is 4.95. The zero-order valence-corrected chi connectivity index (χ0v) is 10.9. The van der Waals surface area contributed by atoms with E-state index in [1.807, 2.05) is 6.92 Å². The molecule has 0 atom stereocenters. The summed E-state index contributed by atoms with van der Waals surface area (Å²) >= 11 is 0. The fraction of sp³-hybridized carbons (Fsp3) is 1.00. The largest absolute Gasteiger partial charge is 0.411 e. The fourth-order valence-electron chi connectivity index (χ4n) is 2.78. The molecule has 0 heterocycles. The molecule has 0 aliphatic heterocycles. The summed E-state index contributed by atoms with van der Waals surface area (Å²) < 4.78 is 40.5. The first-order chi connectivity index (χ1) is 8.43. The summed E-state index contributed by atoms with van der Waals surface area (Å²) in [5, 5.41) is 0. The SMILES string of the molecule is CCN(CCOCC(F)(F)F)C1(CN)CCCC1. The molecule has 3 nitrogen and oxygen atoms in total. The minimum absolute atomic E-state index is 0.0175. The first-order valence-corrected chi connectivity index (χ1v) is 6.53. The lowest BCUT2D eigenvalue weighted by molar-refractivity contribution is -0.175. The van der Waals surface area contributed by atoms with Crippen molar-refractivity contribution in [1.29, 1.82) is 0 Å². The van der Waals surface area contributed by atoms with Crippen molar-refractivity contribution >= 4 is 0 Å². The number of nitrogens with two attached hydrogens (primary N) is 1. The second-order valence-corrected chi connectivity index (χ2v) is 4.88. The highest BCUT2D eigenvalue weighted by atomic mass is 19.4. The van der Waals surface area contributed by atoms with Crippen LogP contribution in [0.4, 0.5) is 13.2 Å². The van der Waals surface area contributed by atoms with Gasteiger partial charge in [-0.2, -0.15) is 13.2 Å². The van der Waals surface area contributed by atoms with Crippen LogP contribution in [0.3, 0.4) is 0 Å². The van der Waals surface area contributed by atoms with Gasteiger partial charge in [-0.1, -0.05) is 19.8 Å². The smallest absolute Gasteiger partial charge is 0.371 e. The molecule has 0 radical (unpaired) electrons. The maximum Gasteiger partial charge on any atom is 0.411 e. The fourth-order valence-corrected chi connectivity index (χ4v) is 2.78. The van der Waals surface area contributed by atoms with Crippen LogP contribution in [0.2, 0.25) is 0 Å². The molecule has 0 spiro atoms. The van der Waals surface area contributed by atoms with E-state index in [1.54, 1.807) is 0 Å². The average molecular weight is 268 g/mol. The number of hydrogen-bond donors (Lipinski definition) is 1. The van der Waals surface area contributed by atoms with Gasteiger partial charge in [-0.3, -0.25) is 4.90 Å². The van der Waals surface area contributed by atoms with Crippen LogP contribution in [0.5, 0.6) is 0 Å². The average Bonchev–Trinajstić information content (AvgIpc) is 2.77. The van der Waals surface area contributed by atoms with Crippen molar-refractivity contribution in [2.75, 3.05) is 32.8 Å². The predicted octanol–water partition coefficient (Wildman–Crippen LogP) is 2.16. The van der Waals surface area contributed by atoms with Crippen molar-refractivity contribution in [3.05, 3.63) is 0 Å². The van der Waals surface area contributed by atoms with Gasteiger partial charge in [-0.15, -0.1) is 0 Å². The van der Waals surface area contributed by atoms with E-state index in [0.29, 0.717) is 13.1 Å². The van der Waals surface area contributed by atoms with Gasteiger partial charge in [0.1, 0.15) is 6.61 Å². The van der Waals surface area contributed by atoms with Crippen LogP contribution >= 0.6 is 0 Å². The number of ether oxygens (including phenoxy) is 1. The minimum Gasteiger partial charge on any atom is -0.371 e. The van der Waals surface area contributed by atoms with Crippen LogP contribution in [0.1, 0.15) is 32.6 Å². The quantitative estimate of drug-likeness (QED) is 0.719. The van der Waals surface area contributed by atoms with Gasteiger partial charge in [0.05, 0.1) is 6.61 Å². The minimum atomic E-state index is -4.24. The second kappa shape index (κ2) is 6.73. The summed E-state index contributed by atoms with van der Waals surface area (Å²) in [7, 11) is 0. The Morgan fingerprint density at radius 3 is 2.33 bits per heavy atom. The zero-order chi connectivity index (χ0) is 13.6. The van der Waals surface area contributed by atoms with Gasteiger partial charge in [0.25, 0.3) is 0 Å². The van der Waals surface area contributed by atoms with E-state index in [-0.39, 0.29) is 12.1 Å². The lowest BCUT2D eigenvalue weighted by atomic mass is 9.95. The number of rotatable bonds is 7. The molecule has 18 heavy (non-hydrogen) atoms. The van der Waals surface area contributed by atoms with E-state index in [0.717, 1.165) is 32.2 Å². The molecule has 0 amide bonds. The Hall–Kier alpha value is -0.330. The lowest BCUT2D eigenvalue weighted by Crippen LogP contribution is -2.53. The number of nitrogens with zero attached hydrogens (tertiary/aromatic N) is 1. The van der Waals surface area contributed by atoms with Gasteiger partial charge in [0.15, 0.2) is 0 Å². The number of halogens is 3. The molecule has 1 aliphatic rings. The van der Waals surface area contributed by atoms with Crippen molar-refractivity contribution in [1.82, 2.24) is 4.90 Å². The first kappa shape index (κ1) is 15.7. The van der Waals surface area contributed by atoms with Gasteiger partial charge in [-0.25, -0.2) is 0 Å². The normalized spacial score (nSPS) is 19.7. The van der Waals surface area contributed by atoms with Crippen molar-refractivity contribution in [3.8, 4) is 0 Å². The topological polar surface area (TPSA) is 38.5 Å². The van der Waals surface area contributed by atoms with E-state index in [9.17, 15) is 13.2 Å². The van der Waals surface area contributed by atoms with Crippen LogP contribution in [-0.2, 0) is 4.74 Å². The van der Waals surface area contributed by atoms with Gasteiger partial charge in [0.2, 0.25) is 0 Å². The predicted molar refractivity (Wildman–Crippen MR) is 64.4 cm³/mol. The number of alkyl halides is 3. The standard InChI is InChI=1S/C12H23F3N2O/c1-2-17(7-8-18-10-12(13,14)15)11(9-16)5-3-4-6-11/h2-10,16H2,1H3. The van der Waals surface area contributed by atoms with E-state index >= 15 is 0 Å². The van der Waals surface area contributed by atoms with Crippen molar-refractivity contribution in [2.24, 2.45) is 5.73 Å². The molecule has 1 fully saturated rings. The number of hydrogen-bond acceptors (Lipinski definition) is 3. The molecule has 2 N–H and O–H groups in total. The van der Waals surface area contributed by atoms with Crippen LogP contribution in [0.15, 0.2) is 0 Å². The van der Waals surface area contributed by atoms with Crippen molar-refractivity contribution < 1.29 is 17.9 Å². The molecule has 0 bridgehead atoms. The maximum absolute atomic E-state index is 11.9. The summed E-state index contributed by atoms with van der Waals surface area (Å²) in [5.74, 6) is 0. The summed E-state index contributed by atoms with van der Waals surface area (Å²) in [4.78, 5) is 2.18. The Labute approximate surface area is 106 Å². The highest BCUT2D eigenvalue weighted by Gasteiger charge is 2.37. The van der Waals surface area contributed by atoms with E-state index in [2.05, 4.69) is 9.64 Å². The Morgan fingerprint density at radius 2 is 1.89 bits per heavy atom. The zero-order valence-electron chi connectivity index (χ0n) is 10.9. The third-order valence-corrected chi connectivity index (χ3v) is 3.74. The molecule has 6 heteroatoms. The van der Waals surface area contributed by atoms with E-state index < -0.39 is 12.8 Å².